The average molecular weight is 640 g/mol. The van der Waals surface area contributed by atoms with Crippen LogP contribution >= 0.6 is 0 Å². The van der Waals surface area contributed by atoms with Crippen molar-refractivity contribution in [1.82, 2.24) is 9.97 Å². The maximum atomic E-state index is 6.75. The first-order chi connectivity index (χ1) is 24.8. The maximum Gasteiger partial charge on any atom is 0.161 e. The van der Waals surface area contributed by atoms with Gasteiger partial charge in [-0.3, -0.25) is 0 Å². The fourth-order valence-corrected chi connectivity index (χ4v) is 7.27. The van der Waals surface area contributed by atoms with Crippen LogP contribution in [0, 0.1) is 0 Å². The van der Waals surface area contributed by atoms with Crippen LogP contribution < -0.4 is 4.90 Å². The van der Waals surface area contributed by atoms with Crippen LogP contribution in [0.15, 0.2) is 180 Å². The Morgan fingerprint density at radius 2 is 1.10 bits per heavy atom. The van der Waals surface area contributed by atoms with Crippen molar-refractivity contribution < 1.29 is 4.42 Å². The van der Waals surface area contributed by atoms with Gasteiger partial charge in [-0.2, -0.15) is 0 Å². The highest BCUT2D eigenvalue weighted by atomic mass is 16.3. The van der Waals surface area contributed by atoms with E-state index >= 15 is 0 Å². The number of benzene rings is 8. The van der Waals surface area contributed by atoms with Gasteiger partial charge in [-0.25, -0.2) is 9.97 Å². The Morgan fingerprint density at radius 3 is 1.88 bits per heavy atom. The van der Waals surface area contributed by atoms with E-state index in [2.05, 4.69) is 163 Å². The van der Waals surface area contributed by atoms with Gasteiger partial charge >= 0.3 is 0 Å². The van der Waals surface area contributed by atoms with Crippen LogP contribution in [0.2, 0.25) is 0 Å². The van der Waals surface area contributed by atoms with Crippen LogP contribution in [-0.4, -0.2) is 9.97 Å². The lowest BCUT2D eigenvalue weighted by atomic mass is 9.98. The van der Waals surface area contributed by atoms with E-state index < -0.39 is 0 Å². The van der Waals surface area contributed by atoms with Gasteiger partial charge in [0.15, 0.2) is 5.82 Å². The third kappa shape index (κ3) is 4.61. The molecule has 0 aliphatic rings. The van der Waals surface area contributed by atoms with E-state index in [0.717, 1.165) is 77.5 Å². The SMILES string of the molecule is c1ccc(N(c2ccccc2)c2ccc3oc4c5ccccc5cc(-c5nc(-c6ccc7ccccc7c6)c6ccccc6n5)c4c3c2)cc1. The van der Waals surface area contributed by atoms with E-state index in [9.17, 15) is 0 Å². The molecule has 234 valence electrons. The highest BCUT2D eigenvalue weighted by molar-refractivity contribution is 6.21. The molecule has 0 fully saturated rings. The molecule has 0 bridgehead atoms. The molecule has 0 N–H and O–H groups in total. The van der Waals surface area contributed by atoms with E-state index in [0.29, 0.717) is 5.82 Å². The molecule has 8 aromatic carbocycles. The monoisotopic (exact) mass is 639 g/mol. The molecule has 0 saturated heterocycles. The molecule has 4 heteroatoms. The highest BCUT2D eigenvalue weighted by Gasteiger charge is 2.22. The molecule has 0 atom stereocenters. The predicted octanol–water partition coefficient (Wildman–Crippen LogP) is 12.6. The molecule has 0 radical (unpaired) electrons. The van der Waals surface area contributed by atoms with Crippen molar-refractivity contribution in [3.8, 4) is 22.6 Å². The number of fused-ring (bicyclic) bond motifs is 7. The normalized spacial score (nSPS) is 11.6. The van der Waals surface area contributed by atoms with Gasteiger partial charge in [0.1, 0.15) is 11.2 Å². The molecule has 10 rings (SSSR count). The molecule has 0 saturated carbocycles. The summed E-state index contributed by atoms with van der Waals surface area (Å²) in [5.41, 5.74) is 8.64. The predicted molar refractivity (Wildman–Crippen MR) is 207 cm³/mol. The molecular formula is C46H29N3O. The number of furan rings is 1. The second-order valence-electron chi connectivity index (χ2n) is 12.6. The van der Waals surface area contributed by atoms with Gasteiger partial charge in [0, 0.05) is 49.7 Å². The number of hydrogen-bond acceptors (Lipinski definition) is 4. The van der Waals surface area contributed by atoms with Crippen molar-refractivity contribution in [2.75, 3.05) is 4.90 Å². The first-order valence-corrected chi connectivity index (χ1v) is 16.8. The molecular weight excluding hydrogens is 611 g/mol. The summed E-state index contributed by atoms with van der Waals surface area (Å²) in [6, 6.07) is 61.3. The molecule has 0 spiro atoms. The van der Waals surface area contributed by atoms with Crippen molar-refractivity contribution in [3.05, 3.63) is 176 Å². The van der Waals surface area contributed by atoms with Gasteiger partial charge in [0.2, 0.25) is 0 Å². The third-order valence-corrected chi connectivity index (χ3v) is 9.60. The van der Waals surface area contributed by atoms with Gasteiger partial charge in [-0.15, -0.1) is 0 Å². The number of hydrogen-bond donors (Lipinski definition) is 0. The number of rotatable bonds is 5. The number of para-hydroxylation sites is 3. The van der Waals surface area contributed by atoms with Crippen LogP contribution in [0.1, 0.15) is 0 Å². The Balaban J connectivity index is 1.26. The lowest BCUT2D eigenvalue weighted by molar-refractivity contribution is 0.672. The summed E-state index contributed by atoms with van der Waals surface area (Å²) in [5.74, 6) is 0.665. The van der Waals surface area contributed by atoms with Crippen LogP contribution in [0.5, 0.6) is 0 Å². The molecule has 0 aliphatic carbocycles. The van der Waals surface area contributed by atoms with Gasteiger partial charge < -0.3 is 9.32 Å². The van der Waals surface area contributed by atoms with Crippen molar-refractivity contribution in [1.29, 1.82) is 0 Å². The van der Waals surface area contributed by atoms with E-state index in [1.807, 2.05) is 18.2 Å². The molecule has 2 heterocycles. The van der Waals surface area contributed by atoms with E-state index in [1.165, 1.54) is 10.8 Å². The number of nitrogens with zero attached hydrogens (tertiary/aromatic N) is 3. The summed E-state index contributed by atoms with van der Waals surface area (Å²) in [4.78, 5) is 12.9. The minimum Gasteiger partial charge on any atom is -0.455 e. The van der Waals surface area contributed by atoms with Crippen molar-refractivity contribution >= 4 is 71.4 Å². The van der Waals surface area contributed by atoms with Crippen LogP contribution in [-0.2, 0) is 0 Å². The van der Waals surface area contributed by atoms with E-state index in [1.54, 1.807) is 0 Å². The Labute approximate surface area is 288 Å². The van der Waals surface area contributed by atoms with Gasteiger partial charge in [0.25, 0.3) is 0 Å². The summed E-state index contributed by atoms with van der Waals surface area (Å²) < 4.78 is 6.75. The summed E-state index contributed by atoms with van der Waals surface area (Å²) >= 11 is 0. The largest absolute Gasteiger partial charge is 0.455 e. The lowest BCUT2D eigenvalue weighted by Gasteiger charge is -2.25. The van der Waals surface area contributed by atoms with Crippen molar-refractivity contribution in [2.45, 2.75) is 0 Å². The average Bonchev–Trinajstić information content (AvgIpc) is 3.57. The summed E-state index contributed by atoms with van der Waals surface area (Å²) in [7, 11) is 0. The number of aromatic nitrogens is 2. The second kappa shape index (κ2) is 11.4. The van der Waals surface area contributed by atoms with E-state index in [4.69, 9.17) is 14.4 Å². The number of anilines is 3. The zero-order valence-electron chi connectivity index (χ0n) is 27.0. The standard InChI is InChI=1S/C46H29N3O/c1-3-16-34(17-4-1)49(35-18-5-2-6-19-35)36-25-26-42-39(29-36)43-40(28-32-15-9-10-20-37(32)45(43)50-42)46-47-41-22-12-11-21-38(41)44(48-46)33-24-23-30-13-7-8-14-31(30)27-33/h1-29H. The molecule has 2 aromatic heterocycles. The first kappa shape index (κ1) is 28.3. The van der Waals surface area contributed by atoms with Crippen LogP contribution in [0.25, 0.3) is 77.0 Å². The van der Waals surface area contributed by atoms with Crippen molar-refractivity contribution in [3.63, 3.8) is 0 Å². The topological polar surface area (TPSA) is 42.2 Å². The van der Waals surface area contributed by atoms with Crippen LogP contribution in [0.4, 0.5) is 17.1 Å². The Bertz CT molecular complexity index is 2840. The first-order valence-electron chi connectivity index (χ1n) is 16.8. The fourth-order valence-electron chi connectivity index (χ4n) is 7.27. The fraction of sp³-hybridized carbons (Fsp3) is 0. The summed E-state index contributed by atoms with van der Waals surface area (Å²) in [6.07, 6.45) is 0. The Kier molecular flexibility index (Phi) is 6.46. The van der Waals surface area contributed by atoms with E-state index in [-0.39, 0.29) is 0 Å². The zero-order chi connectivity index (χ0) is 33.0. The molecule has 0 unspecified atom stereocenters. The summed E-state index contributed by atoms with van der Waals surface area (Å²) in [5, 5.41) is 7.55. The molecule has 4 nitrogen and oxygen atoms in total. The highest BCUT2D eigenvalue weighted by Crippen LogP contribution is 2.44. The van der Waals surface area contributed by atoms with Gasteiger partial charge in [0.05, 0.1) is 11.2 Å². The Hall–Kier alpha value is -6.78. The zero-order valence-corrected chi connectivity index (χ0v) is 27.0. The summed E-state index contributed by atoms with van der Waals surface area (Å²) in [6.45, 7) is 0. The molecule has 50 heavy (non-hydrogen) atoms. The smallest absolute Gasteiger partial charge is 0.161 e. The third-order valence-electron chi connectivity index (χ3n) is 9.60. The lowest BCUT2D eigenvalue weighted by Crippen LogP contribution is -2.09. The maximum absolute atomic E-state index is 6.75. The minimum absolute atomic E-state index is 0.665. The minimum atomic E-state index is 0.665. The molecule has 10 aromatic rings. The Morgan fingerprint density at radius 1 is 0.440 bits per heavy atom. The molecule has 0 aliphatic heterocycles. The van der Waals surface area contributed by atoms with Crippen molar-refractivity contribution in [2.24, 2.45) is 0 Å². The molecule has 0 amide bonds. The second-order valence-corrected chi connectivity index (χ2v) is 12.6. The quantitative estimate of drug-likeness (QED) is 0.188. The van der Waals surface area contributed by atoms with Crippen LogP contribution in [0.3, 0.4) is 0 Å². The van der Waals surface area contributed by atoms with Gasteiger partial charge in [-0.1, -0.05) is 115 Å². The van der Waals surface area contributed by atoms with Gasteiger partial charge in [-0.05, 0) is 76.8 Å².